The van der Waals surface area contributed by atoms with Crippen LogP contribution in [0.5, 0.6) is 11.5 Å². The van der Waals surface area contributed by atoms with Gasteiger partial charge in [-0.2, -0.15) is 4.31 Å². The van der Waals surface area contributed by atoms with Crippen molar-refractivity contribution in [2.75, 3.05) is 7.11 Å². The number of nitrogens with zero attached hydrogens (tertiary/aromatic N) is 1. The number of aromatic amines is 1. The summed E-state index contributed by atoms with van der Waals surface area (Å²) in [5.74, 6) is -0.490. The summed E-state index contributed by atoms with van der Waals surface area (Å²) >= 11 is 0. The van der Waals surface area contributed by atoms with Crippen molar-refractivity contribution in [1.29, 1.82) is 0 Å². The van der Waals surface area contributed by atoms with Crippen LogP contribution >= 0.6 is 0 Å². The van der Waals surface area contributed by atoms with Crippen LogP contribution in [0.3, 0.4) is 0 Å². The molecule has 4 N–H and O–H groups in total. The summed E-state index contributed by atoms with van der Waals surface area (Å²) in [4.78, 5) is 15.8. The van der Waals surface area contributed by atoms with Crippen molar-refractivity contribution < 1.29 is 28.3 Å². The molecule has 0 fully saturated rings. The Morgan fingerprint density at radius 1 is 1.06 bits per heavy atom. The van der Waals surface area contributed by atoms with Gasteiger partial charge in [-0.25, -0.2) is 13.9 Å². The number of phenols is 1. The van der Waals surface area contributed by atoms with Crippen LogP contribution in [-0.4, -0.2) is 41.0 Å². The summed E-state index contributed by atoms with van der Waals surface area (Å²) in [7, 11) is -2.77. The Kier molecular flexibility index (Phi) is 6.55. The molecule has 1 atom stereocenters. The summed E-state index contributed by atoms with van der Waals surface area (Å²) in [6.45, 7) is -0.158. The first-order valence-electron chi connectivity index (χ1n) is 10.3. The summed E-state index contributed by atoms with van der Waals surface area (Å²) in [6, 6.07) is 17.2. The van der Waals surface area contributed by atoms with E-state index >= 15 is 0 Å². The summed E-state index contributed by atoms with van der Waals surface area (Å²) in [5.41, 5.74) is 3.45. The summed E-state index contributed by atoms with van der Waals surface area (Å²) < 4.78 is 33.7. The van der Waals surface area contributed by atoms with Crippen molar-refractivity contribution in [2.45, 2.75) is 17.5 Å². The third kappa shape index (κ3) is 4.60. The van der Waals surface area contributed by atoms with Gasteiger partial charge in [0.15, 0.2) is 0 Å². The number of methoxy groups -OCH3 is 1. The van der Waals surface area contributed by atoms with Crippen molar-refractivity contribution in [1.82, 2.24) is 14.8 Å². The van der Waals surface area contributed by atoms with Crippen LogP contribution in [0.1, 0.15) is 17.2 Å². The molecule has 34 heavy (non-hydrogen) atoms. The van der Waals surface area contributed by atoms with E-state index in [-0.39, 0.29) is 17.2 Å². The van der Waals surface area contributed by atoms with E-state index in [2.05, 4.69) is 4.98 Å². The quantitative estimate of drug-likeness (QED) is 0.226. The number of ether oxygens (including phenoxy) is 1. The van der Waals surface area contributed by atoms with Gasteiger partial charge in [-0.1, -0.05) is 18.2 Å². The first-order valence-corrected chi connectivity index (χ1v) is 11.7. The third-order valence-electron chi connectivity index (χ3n) is 5.48. The van der Waals surface area contributed by atoms with E-state index in [0.29, 0.717) is 16.9 Å². The molecule has 0 saturated heterocycles. The fourth-order valence-electron chi connectivity index (χ4n) is 3.75. The van der Waals surface area contributed by atoms with E-state index in [1.165, 1.54) is 31.4 Å². The number of H-pyrrole nitrogens is 1. The highest BCUT2D eigenvalue weighted by Gasteiger charge is 2.37. The number of aromatic hydroxyl groups is 1. The number of benzene rings is 3. The average Bonchev–Trinajstić information content (AvgIpc) is 3.32. The number of nitrogens with one attached hydrogen (secondary N) is 2. The fourth-order valence-corrected chi connectivity index (χ4v) is 5.31. The van der Waals surface area contributed by atoms with Crippen LogP contribution in [0.4, 0.5) is 0 Å². The number of hydroxylamine groups is 1. The number of aromatic nitrogens is 1. The number of hydrogen-bond donors (Lipinski definition) is 4. The number of rotatable bonds is 8. The molecule has 10 heteroatoms. The van der Waals surface area contributed by atoms with Gasteiger partial charge in [-0.05, 0) is 71.1 Å². The molecule has 176 valence electrons. The van der Waals surface area contributed by atoms with Gasteiger partial charge in [0.1, 0.15) is 17.5 Å². The second-order valence-electron chi connectivity index (χ2n) is 7.60. The zero-order valence-corrected chi connectivity index (χ0v) is 19.0. The minimum absolute atomic E-state index is 0.0942. The molecular formula is C24H23N3O6S. The number of sulfonamides is 1. The van der Waals surface area contributed by atoms with Crippen molar-refractivity contribution in [3.8, 4) is 11.5 Å². The van der Waals surface area contributed by atoms with Gasteiger partial charge in [-0.15, -0.1) is 0 Å². The maximum Gasteiger partial charge on any atom is 0.266 e. The molecule has 0 radical (unpaired) electrons. The van der Waals surface area contributed by atoms with E-state index in [1.807, 2.05) is 18.2 Å². The number of carbonyl (C=O) groups excluding carboxylic acids is 1. The Labute approximate surface area is 196 Å². The molecule has 0 aliphatic rings. The average molecular weight is 482 g/mol. The Morgan fingerprint density at radius 3 is 2.41 bits per heavy atom. The second kappa shape index (κ2) is 9.56. The van der Waals surface area contributed by atoms with Gasteiger partial charge >= 0.3 is 0 Å². The fraction of sp³-hybridized carbons (Fsp3) is 0.125. The van der Waals surface area contributed by atoms with Crippen molar-refractivity contribution in [2.24, 2.45) is 0 Å². The Hall–Kier alpha value is -3.86. The molecule has 0 spiro atoms. The van der Waals surface area contributed by atoms with Crippen LogP contribution in [0.15, 0.2) is 83.9 Å². The smallest absolute Gasteiger partial charge is 0.266 e. The van der Waals surface area contributed by atoms with E-state index in [9.17, 15) is 23.5 Å². The number of carbonyl (C=O) groups is 1. The van der Waals surface area contributed by atoms with Gasteiger partial charge < -0.3 is 14.8 Å². The summed E-state index contributed by atoms with van der Waals surface area (Å²) in [6.07, 6.45) is 1.78. The van der Waals surface area contributed by atoms with Crippen molar-refractivity contribution >= 4 is 26.8 Å². The van der Waals surface area contributed by atoms with Crippen LogP contribution < -0.4 is 10.2 Å². The van der Waals surface area contributed by atoms with E-state index in [4.69, 9.17) is 4.74 Å². The van der Waals surface area contributed by atoms with Crippen LogP contribution in [0.2, 0.25) is 0 Å². The van der Waals surface area contributed by atoms with E-state index in [0.717, 1.165) is 15.2 Å². The molecule has 3 aromatic carbocycles. The lowest BCUT2D eigenvalue weighted by Gasteiger charge is -2.30. The van der Waals surface area contributed by atoms with Gasteiger partial charge in [-0.3, -0.25) is 10.0 Å². The third-order valence-corrected chi connectivity index (χ3v) is 7.30. The second-order valence-corrected chi connectivity index (χ2v) is 9.49. The van der Waals surface area contributed by atoms with Gasteiger partial charge in [0.25, 0.3) is 5.91 Å². The molecule has 4 aromatic rings. The lowest BCUT2D eigenvalue weighted by molar-refractivity contribution is -0.133. The summed E-state index contributed by atoms with van der Waals surface area (Å²) in [5, 5.41) is 20.0. The molecular weight excluding hydrogens is 458 g/mol. The van der Waals surface area contributed by atoms with E-state index in [1.54, 1.807) is 42.0 Å². The monoisotopic (exact) mass is 481 g/mol. The normalized spacial score (nSPS) is 12.6. The maximum atomic E-state index is 13.8. The number of fused-ring (bicyclic) bond motifs is 1. The molecule has 0 bridgehead atoms. The van der Waals surface area contributed by atoms with Crippen LogP contribution in [0.25, 0.3) is 10.9 Å². The lowest BCUT2D eigenvalue weighted by Crippen LogP contribution is -2.42. The molecule has 0 aliphatic carbocycles. The number of hydrogen-bond acceptors (Lipinski definition) is 6. The zero-order valence-electron chi connectivity index (χ0n) is 18.2. The van der Waals surface area contributed by atoms with Crippen LogP contribution in [0, 0.1) is 0 Å². The van der Waals surface area contributed by atoms with Gasteiger partial charge in [0, 0.05) is 18.3 Å². The highest BCUT2D eigenvalue weighted by atomic mass is 32.2. The van der Waals surface area contributed by atoms with Crippen molar-refractivity contribution in [3.05, 3.63) is 90.1 Å². The lowest BCUT2D eigenvalue weighted by atomic mass is 10.1. The highest BCUT2D eigenvalue weighted by molar-refractivity contribution is 7.89. The number of amides is 1. The minimum Gasteiger partial charge on any atom is -0.508 e. The highest BCUT2D eigenvalue weighted by Crippen LogP contribution is 2.32. The Morgan fingerprint density at radius 2 is 1.76 bits per heavy atom. The Bertz CT molecular complexity index is 1400. The SMILES string of the molecule is COc1ccc(C(C(=O)NO)N(Cc2ccc3[nH]ccc3c2)S(=O)(=O)c2ccc(O)cc2)cc1. The Balaban J connectivity index is 1.85. The molecule has 1 amide bonds. The van der Waals surface area contributed by atoms with Gasteiger partial charge in [0.05, 0.1) is 12.0 Å². The first-order chi connectivity index (χ1) is 16.3. The maximum absolute atomic E-state index is 13.8. The molecule has 1 aromatic heterocycles. The topological polar surface area (TPSA) is 132 Å². The standard InChI is InChI=1S/C24H23N3O6S/c1-33-20-7-3-17(4-8-20)23(24(29)26-30)27(34(31,32)21-9-5-19(28)6-10-21)15-16-2-11-22-18(14-16)12-13-25-22/h2-14,23,25,28,30H,15H2,1H3,(H,26,29). The predicted octanol–water partition coefficient (Wildman–Crippen LogP) is 3.32. The van der Waals surface area contributed by atoms with Gasteiger partial charge in [0.2, 0.25) is 10.0 Å². The molecule has 1 unspecified atom stereocenters. The minimum atomic E-state index is -4.26. The predicted molar refractivity (Wildman–Crippen MR) is 125 cm³/mol. The zero-order chi connectivity index (χ0) is 24.3. The molecule has 4 rings (SSSR count). The molecule has 0 aliphatic heterocycles. The van der Waals surface area contributed by atoms with E-state index < -0.39 is 22.0 Å². The first kappa shape index (κ1) is 23.3. The molecule has 1 heterocycles. The van der Waals surface area contributed by atoms with Crippen LogP contribution in [-0.2, 0) is 21.4 Å². The van der Waals surface area contributed by atoms with Crippen molar-refractivity contribution in [3.63, 3.8) is 0 Å². The number of phenolic OH excluding ortho intramolecular Hbond substituents is 1. The molecule has 9 nitrogen and oxygen atoms in total. The molecule has 0 saturated carbocycles. The largest absolute Gasteiger partial charge is 0.508 e.